The minimum atomic E-state index is -3.45. The van der Waals surface area contributed by atoms with Crippen LogP contribution in [0.1, 0.15) is 13.8 Å². The number of allylic oxidation sites excluding steroid dienone is 1. The van der Waals surface area contributed by atoms with Crippen LogP contribution in [0.2, 0.25) is 0 Å². The molecule has 0 fully saturated rings. The van der Waals surface area contributed by atoms with E-state index in [1.807, 2.05) is 0 Å². The van der Waals surface area contributed by atoms with Gasteiger partial charge in [-0.15, -0.1) is 0 Å². The van der Waals surface area contributed by atoms with E-state index in [2.05, 4.69) is 4.74 Å². The lowest BCUT2D eigenvalue weighted by Gasteiger charge is -2.02. The average molecular weight is 192 g/mol. The summed E-state index contributed by atoms with van der Waals surface area (Å²) in [7, 11) is -3.45. The van der Waals surface area contributed by atoms with Crippen molar-refractivity contribution >= 4 is 15.8 Å². The minimum absolute atomic E-state index is 0.172. The number of hydrogen-bond acceptors (Lipinski definition) is 4. The number of hydrogen-bond donors (Lipinski definition) is 0. The number of rotatable bonds is 3. The lowest BCUT2D eigenvalue weighted by Crippen LogP contribution is -2.14. The van der Waals surface area contributed by atoms with Gasteiger partial charge in [0.25, 0.3) is 0 Å². The second kappa shape index (κ2) is 4.25. The van der Waals surface area contributed by atoms with Crippen LogP contribution in [0, 0.1) is 0 Å². The standard InChI is InChI=1S/C7H12O4S/c1-4-6(12(3,9)10)7(8)11-5-2/h4H,5H2,1-3H3. The monoisotopic (exact) mass is 192 g/mol. The lowest BCUT2D eigenvalue weighted by molar-refractivity contribution is -0.137. The highest BCUT2D eigenvalue weighted by molar-refractivity contribution is 7.95. The summed E-state index contributed by atoms with van der Waals surface area (Å²) < 4.78 is 26.4. The Hall–Kier alpha value is -0.840. The Balaban J connectivity index is 4.74. The van der Waals surface area contributed by atoms with E-state index in [1.165, 1.54) is 13.0 Å². The molecule has 0 N–H and O–H groups in total. The predicted octanol–water partition coefficient (Wildman–Crippen LogP) is 0.498. The molecule has 5 heteroatoms. The van der Waals surface area contributed by atoms with Gasteiger partial charge in [-0.05, 0) is 13.8 Å². The first-order chi connectivity index (χ1) is 5.43. The largest absolute Gasteiger partial charge is 0.462 e. The molecule has 0 unspecified atom stereocenters. The fraction of sp³-hybridized carbons (Fsp3) is 0.571. The van der Waals surface area contributed by atoms with Crippen LogP contribution in [0.15, 0.2) is 11.0 Å². The van der Waals surface area contributed by atoms with Crippen LogP contribution in [0.4, 0.5) is 0 Å². The molecule has 0 aliphatic carbocycles. The maximum absolute atomic E-state index is 11.0. The second-order valence-corrected chi connectivity index (χ2v) is 4.13. The van der Waals surface area contributed by atoms with Gasteiger partial charge in [0.05, 0.1) is 6.61 Å². The van der Waals surface area contributed by atoms with Gasteiger partial charge in [0.2, 0.25) is 0 Å². The zero-order valence-electron chi connectivity index (χ0n) is 7.33. The third-order valence-electron chi connectivity index (χ3n) is 1.14. The van der Waals surface area contributed by atoms with Crippen molar-refractivity contribution in [1.29, 1.82) is 0 Å². The summed E-state index contributed by atoms with van der Waals surface area (Å²) in [5, 5.41) is 0. The molecule has 0 amide bonds. The molecule has 0 radical (unpaired) electrons. The fourth-order valence-corrected chi connectivity index (χ4v) is 1.48. The Morgan fingerprint density at radius 3 is 2.25 bits per heavy atom. The van der Waals surface area contributed by atoms with Crippen LogP contribution in [0.5, 0.6) is 0 Å². The number of ether oxygens (including phenoxy) is 1. The molecule has 0 aromatic rings. The maximum Gasteiger partial charge on any atom is 0.349 e. The molecule has 0 spiro atoms. The van der Waals surface area contributed by atoms with Gasteiger partial charge in [0.1, 0.15) is 4.91 Å². The van der Waals surface area contributed by atoms with Crippen molar-refractivity contribution in [3.63, 3.8) is 0 Å². The highest BCUT2D eigenvalue weighted by Gasteiger charge is 2.19. The Morgan fingerprint density at radius 1 is 1.50 bits per heavy atom. The van der Waals surface area contributed by atoms with E-state index in [0.717, 1.165) is 6.26 Å². The molecule has 4 nitrogen and oxygen atoms in total. The molecule has 0 aliphatic heterocycles. The van der Waals surface area contributed by atoms with E-state index in [-0.39, 0.29) is 11.5 Å². The molecule has 0 saturated carbocycles. The Labute approximate surface area is 72.1 Å². The third kappa shape index (κ3) is 3.04. The van der Waals surface area contributed by atoms with Gasteiger partial charge in [0, 0.05) is 6.26 Å². The Kier molecular flexibility index (Phi) is 3.95. The first-order valence-corrected chi connectivity index (χ1v) is 5.36. The van der Waals surface area contributed by atoms with E-state index in [4.69, 9.17) is 0 Å². The summed E-state index contributed by atoms with van der Waals surface area (Å²) in [5.41, 5.74) is 0. The summed E-state index contributed by atoms with van der Waals surface area (Å²) >= 11 is 0. The fourth-order valence-electron chi connectivity index (χ4n) is 0.686. The maximum atomic E-state index is 11.0. The molecule has 70 valence electrons. The van der Waals surface area contributed by atoms with Crippen molar-refractivity contribution in [3.05, 3.63) is 11.0 Å². The molecule has 0 aliphatic rings. The highest BCUT2D eigenvalue weighted by atomic mass is 32.2. The van der Waals surface area contributed by atoms with Crippen molar-refractivity contribution < 1.29 is 17.9 Å². The normalized spacial score (nSPS) is 12.8. The van der Waals surface area contributed by atoms with Gasteiger partial charge in [-0.2, -0.15) is 0 Å². The summed E-state index contributed by atoms with van der Waals surface area (Å²) in [5.74, 6) is -0.789. The molecule has 0 atom stereocenters. The van der Waals surface area contributed by atoms with Crippen LogP contribution < -0.4 is 0 Å². The van der Waals surface area contributed by atoms with E-state index < -0.39 is 15.8 Å². The van der Waals surface area contributed by atoms with Crippen molar-refractivity contribution in [2.45, 2.75) is 13.8 Å². The van der Waals surface area contributed by atoms with Gasteiger partial charge in [-0.25, -0.2) is 13.2 Å². The summed E-state index contributed by atoms with van der Waals surface area (Å²) in [4.78, 5) is 10.7. The molecule has 12 heavy (non-hydrogen) atoms. The topological polar surface area (TPSA) is 60.4 Å². The highest BCUT2D eigenvalue weighted by Crippen LogP contribution is 2.06. The molecule has 0 rings (SSSR count). The van der Waals surface area contributed by atoms with Crippen LogP contribution in [-0.4, -0.2) is 27.2 Å². The van der Waals surface area contributed by atoms with Gasteiger partial charge < -0.3 is 4.74 Å². The van der Waals surface area contributed by atoms with Crippen LogP contribution >= 0.6 is 0 Å². The van der Waals surface area contributed by atoms with Gasteiger partial charge in [-0.3, -0.25) is 0 Å². The Morgan fingerprint density at radius 2 is 2.00 bits per heavy atom. The lowest BCUT2D eigenvalue weighted by atomic mass is 10.5. The number of carbonyl (C=O) groups is 1. The molecule has 0 saturated heterocycles. The molecular formula is C7H12O4S. The van der Waals surface area contributed by atoms with Gasteiger partial charge in [0.15, 0.2) is 9.84 Å². The molecule has 0 bridgehead atoms. The van der Waals surface area contributed by atoms with E-state index in [0.29, 0.717) is 0 Å². The van der Waals surface area contributed by atoms with Crippen molar-refractivity contribution in [3.8, 4) is 0 Å². The predicted molar refractivity (Wildman–Crippen MR) is 45.2 cm³/mol. The number of carbonyl (C=O) groups excluding carboxylic acids is 1. The van der Waals surface area contributed by atoms with Gasteiger partial charge >= 0.3 is 5.97 Å². The first-order valence-electron chi connectivity index (χ1n) is 3.47. The van der Waals surface area contributed by atoms with E-state index >= 15 is 0 Å². The zero-order chi connectivity index (χ0) is 9.78. The quantitative estimate of drug-likeness (QED) is 0.482. The van der Waals surface area contributed by atoms with Crippen LogP contribution in [0.3, 0.4) is 0 Å². The summed E-state index contributed by atoms with van der Waals surface area (Å²) in [6.07, 6.45) is 2.20. The SMILES string of the molecule is CC=C(C(=O)OCC)S(C)(=O)=O. The average Bonchev–Trinajstić information content (AvgIpc) is 1.85. The third-order valence-corrected chi connectivity index (χ3v) is 2.34. The van der Waals surface area contributed by atoms with Gasteiger partial charge in [-0.1, -0.05) is 6.08 Å². The number of esters is 1. The van der Waals surface area contributed by atoms with E-state index in [9.17, 15) is 13.2 Å². The summed E-state index contributed by atoms with van der Waals surface area (Å²) in [6, 6.07) is 0. The second-order valence-electron chi connectivity index (χ2n) is 2.15. The smallest absolute Gasteiger partial charge is 0.349 e. The van der Waals surface area contributed by atoms with E-state index in [1.54, 1.807) is 6.92 Å². The summed E-state index contributed by atoms with van der Waals surface area (Å²) in [6.45, 7) is 3.27. The molecule has 0 aromatic heterocycles. The van der Waals surface area contributed by atoms with Crippen LogP contribution in [0.25, 0.3) is 0 Å². The zero-order valence-corrected chi connectivity index (χ0v) is 8.14. The minimum Gasteiger partial charge on any atom is -0.462 e. The van der Waals surface area contributed by atoms with Crippen LogP contribution in [-0.2, 0) is 19.4 Å². The molecular weight excluding hydrogens is 180 g/mol. The van der Waals surface area contributed by atoms with Crippen molar-refractivity contribution in [2.24, 2.45) is 0 Å². The molecule has 0 aromatic carbocycles. The van der Waals surface area contributed by atoms with Crippen molar-refractivity contribution in [1.82, 2.24) is 0 Å². The number of sulfone groups is 1. The Bertz CT molecular complexity index is 287. The van der Waals surface area contributed by atoms with Crippen molar-refractivity contribution in [2.75, 3.05) is 12.9 Å². The first kappa shape index (κ1) is 11.2. The molecule has 0 heterocycles.